The molecule has 0 radical (unpaired) electrons. The largest absolute Gasteiger partial charge is 0.352 e. The number of aryl methyl sites for hydroxylation is 2. The molecule has 0 spiro atoms. The van der Waals surface area contributed by atoms with E-state index in [1.165, 1.54) is 17.0 Å². The van der Waals surface area contributed by atoms with Gasteiger partial charge in [-0.05, 0) is 68.1 Å². The van der Waals surface area contributed by atoms with Gasteiger partial charge in [-0.25, -0.2) is 8.42 Å². The van der Waals surface area contributed by atoms with Crippen LogP contribution >= 0.6 is 0 Å². The Hall–Kier alpha value is -4.43. The van der Waals surface area contributed by atoms with Crippen LogP contribution in [0.15, 0.2) is 114 Å². The van der Waals surface area contributed by atoms with E-state index >= 15 is 0 Å². The number of rotatable bonds is 13. The fourth-order valence-electron chi connectivity index (χ4n) is 5.09. The molecule has 0 aliphatic rings. The van der Waals surface area contributed by atoms with Crippen LogP contribution < -0.4 is 9.62 Å². The van der Waals surface area contributed by atoms with E-state index in [9.17, 15) is 18.0 Å². The first-order chi connectivity index (χ1) is 21.1. The van der Waals surface area contributed by atoms with Crippen LogP contribution in [0, 0.1) is 6.92 Å². The summed E-state index contributed by atoms with van der Waals surface area (Å²) in [5, 5.41) is 2.98. The number of benzene rings is 4. The molecule has 0 saturated carbocycles. The lowest BCUT2D eigenvalue weighted by atomic mass is 10.0. The first-order valence-corrected chi connectivity index (χ1v) is 16.4. The number of nitrogens with one attached hydrogen (secondary N) is 1. The fourth-order valence-corrected chi connectivity index (χ4v) is 6.52. The number of anilines is 1. The van der Waals surface area contributed by atoms with Crippen molar-refractivity contribution in [3.63, 3.8) is 0 Å². The molecule has 1 atom stereocenters. The Balaban J connectivity index is 1.80. The van der Waals surface area contributed by atoms with Gasteiger partial charge >= 0.3 is 0 Å². The summed E-state index contributed by atoms with van der Waals surface area (Å²) >= 11 is 0. The SMILES string of the molecule is CCc1ccc(N(CC(=O)N(Cc2cccc(C)c2)[C@@H](Cc2ccccc2)C(=O)NC(C)C)S(=O)(=O)c2ccccc2)cc1. The van der Waals surface area contributed by atoms with E-state index in [2.05, 4.69) is 5.32 Å². The number of hydrogen-bond donors (Lipinski definition) is 1. The highest BCUT2D eigenvalue weighted by atomic mass is 32.2. The Morgan fingerprint density at radius 3 is 1.98 bits per heavy atom. The van der Waals surface area contributed by atoms with Crippen LogP contribution in [0.25, 0.3) is 0 Å². The minimum absolute atomic E-state index is 0.0796. The van der Waals surface area contributed by atoms with Crippen LogP contribution in [0.3, 0.4) is 0 Å². The molecular formula is C36H41N3O4S. The van der Waals surface area contributed by atoms with E-state index in [-0.39, 0.29) is 29.8 Å². The van der Waals surface area contributed by atoms with Gasteiger partial charge in [0.25, 0.3) is 10.0 Å². The minimum Gasteiger partial charge on any atom is -0.352 e. The van der Waals surface area contributed by atoms with Crippen molar-refractivity contribution in [2.45, 2.75) is 64.1 Å². The number of carbonyl (C=O) groups excluding carboxylic acids is 2. The average molecular weight is 612 g/mol. The highest BCUT2D eigenvalue weighted by Crippen LogP contribution is 2.26. The second-order valence-electron chi connectivity index (χ2n) is 11.2. The number of amides is 2. The predicted molar refractivity (Wildman–Crippen MR) is 176 cm³/mol. The van der Waals surface area contributed by atoms with E-state index in [4.69, 9.17) is 0 Å². The smallest absolute Gasteiger partial charge is 0.264 e. The van der Waals surface area contributed by atoms with Crippen LogP contribution in [0.4, 0.5) is 5.69 Å². The number of sulfonamides is 1. The molecule has 230 valence electrons. The molecular weight excluding hydrogens is 570 g/mol. The second-order valence-corrected chi connectivity index (χ2v) is 13.1. The Labute approximate surface area is 261 Å². The van der Waals surface area contributed by atoms with Gasteiger partial charge in [0.05, 0.1) is 10.6 Å². The maximum atomic E-state index is 14.5. The molecule has 4 rings (SSSR count). The van der Waals surface area contributed by atoms with Gasteiger partial charge in [-0.15, -0.1) is 0 Å². The third-order valence-corrected chi connectivity index (χ3v) is 9.17. The van der Waals surface area contributed by atoms with Crippen LogP contribution in [0.1, 0.15) is 43.0 Å². The van der Waals surface area contributed by atoms with Crippen molar-refractivity contribution in [3.8, 4) is 0 Å². The van der Waals surface area contributed by atoms with Crippen molar-refractivity contribution in [3.05, 3.63) is 131 Å². The summed E-state index contributed by atoms with van der Waals surface area (Å²) in [6.07, 6.45) is 1.06. The molecule has 4 aromatic carbocycles. The molecule has 4 aromatic rings. The molecule has 0 fully saturated rings. The molecule has 0 bridgehead atoms. The summed E-state index contributed by atoms with van der Waals surface area (Å²) < 4.78 is 29.3. The van der Waals surface area contributed by atoms with Gasteiger partial charge < -0.3 is 10.2 Å². The van der Waals surface area contributed by atoms with Crippen LogP contribution in [0.2, 0.25) is 0 Å². The van der Waals surface area contributed by atoms with E-state index in [1.54, 1.807) is 30.3 Å². The molecule has 0 heterocycles. The highest BCUT2D eigenvalue weighted by Gasteiger charge is 2.34. The van der Waals surface area contributed by atoms with Gasteiger partial charge in [0, 0.05) is 19.0 Å². The summed E-state index contributed by atoms with van der Waals surface area (Å²) in [6.45, 7) is 7.40. The Morgan fingerprint density at radius 2 is 1.39 bits per heavy atom. The summed E-state index contributed by atoms with van der Waals surface area (Å²) in [5.74, 6) is -0.778. The van der Waals surface area contributed by atoms with Crippen molar-refractivity contribution in [2.75, 3.05) is 10.8 Å². The third kappa shape index (κ3) is 8.35. The van der Waals surface area contributed by atoms with E-state index in [0.29, 0.717) is 5.69 Å². The second kappa shape index (κ2) is 14.8. The fraction of sp³-hybridized carbons (Fsp3) is 0.278. The standard InChI is InChI=1S/C36H41N3O4S/c1-5-29-19-21-32(22-20-29)39(44(42,43)33-17-10-7-11-18-33)26-35(40)38(25-31-16-12-13-28(4)23-31)34(36(41)37-27(2)3)24-30-14-8-6-9-15-30/h6-23,27,34H,5,24-26H2,1-4H3,(H,37,41)/t34-/m0/s1. The molecule has 44 heavy (non-hydrogen) atoms. The van der Waals surface area contributed by atoms with E-state index in [1.807, 2.05) is 94.4 Å². The van der Waals surface area contributed by atoms with Crippen molar-refractivity contribution >= 4 is 27.5 Å². The lowest BCUT2D eigenvalue weighted by molar-refractivity contribution is -0.140. The molecule has 0 unspecified atom stereocenters. The first kappa shape index (κ1) is 32.5. The first-order valence-electron chi connectivity index (χ1n) is 14.9. The zero-order valence-electron chi connectivity index (χ0n) is 25.8. The normalized spacial score (nSPS) is 12.0. The molecule has 1 N–H and O–H groups in total. The molecule has 0 aromatic heterocycles. The summed E-state index contributed by atoms with van der Waals surface area (Å²) in [5.41, 5.74) is 4.18. The van der Waals surface area contributed by atoms with Gasteiger partial charge in [0.15, 0.2) is 0 Å². The van der Waals surface area contributed by atoms with Gasteiger partial charge in [0.1, 0.15) is 12.6 Å². The Morgan fingerprint density at radius 1 is 0.773 bits per heavy atom. The van der Waals surface area contributed by atoms with Crippen LogP contribution in [-0.4, -0.2) is 43.8 Å². The number of carbonyl (C=O) groups is 2. The van der Waals surface area contributed by atoms with Gasteiger partial charge in [0.2, 0.25) is 11.8 Å². The van der Waals surface area contributed by atoms with Crippen molar-refractivity contribution < 1.29 is 18.0 Å². The lowest BCUT2D eigenvalue weighted by Gasteiger charge is -2.34. The number of hydrogen-bond acceptors (Lipinski definition) is 4. The van der Waals surface area contributed by atoms with Gasteiger partial charge in [-0.2, -0.15) is 0 Å². The van der Waals surface area contributed by atoms with Crippen LogP contribution in [0.5, 0.6) is 0 Å². The topological polar surface area (TPSA) is 86.8 Å². The lowest BCUT2D eigenvalue weighted by Crippen LogP contribution is -2.54. The quantitative estimate of drug-likeness (QED) is 0.204. The van der Waals surface area contributed by atoms with Gasteiger partial charge in [-0.1, -0.05) is 97.4 Å². The Bertz CT molecular complexity index is 1640. The maximum absolute atomic E-state index is 14.5. The molecule has 0 aliphatic carbocycles. The van der Waals surface area contributed by atoms with Gasteiger partial charge in [-0.3, -0.25) is 13.9 Å². The molecule has 2 amide bonds. The summed E-state index contributed by atoms with van der Waals surface area (Å²) in [4.78, 5) is 29.8. The van der Waals surface area contributed by atoms with E-state index < -0.39 is 28.5 Å². The third-order valence-electron chi connectivity index (χ3n) is 7.38. The average Bonchev–Trinajstić information content (AvgIpc) is 3.02. The molecule has 0 saturated heterocycles. The summed E-state index contributed by atoms with van der Waals surface area (Å²) in [7, 11) is -4.12. The zero-order valence-corrected chi connectivity index (χ0v) is 26.6. The zero-order chi connectivity index (χ0) is 31.7. The summed E-state index contributed by atoms with van der Waals surface area (Å²) in [6, 6.07) is 31.6. The maximum Gasteiger partial charge on any atom is 0.264 e. The number of nitrogens with zero attached hydrogens (tertiary/aromatic N) is 2. The van der Waals surface area contributed by atoms with E-state index in [0.717, 1.165) is 33.0 Å². The molecule has 7 nitrogen and oxygen atoms in total. The van der Waals surface area contributed by atoms with Crippen molar-refractivity contribution in [1.82, 2.24) is 10.2 Å². The minimum atomic E-state index is -4.12. The van der Waals surface area contributed by atoms with Crippen LogP contribution in [-0.2, 0) is 39.0 Å². The molecule has 0 aliphatic heterocycles. The molecule has 8 heteroatoms. The Kier molecular flexibility index (Phi) is 11.0. The van der Waals surface area contributed by atoms with Crippen molar-refractivity contribution in [2.24, 2.45) is 0 Å². The predicted octanol–water partition coefficient (Wildman–Crippen LogP) is 5.92. The monoisotopic (exact) mass is 611 g/mol. The highest BCUT2D eigenvalue weighted by molar-refractivity contribution is 7.92. The van der Waals surface area contributed by atoms with Crippen molar-refractivity contribution in [1.29, 1.82) is 0 Å².